The molecule has 3 aromatic heterocycles. The molecule has 5 aromatic rings. The molecule has 0 saturated heterocycles. The number of fused-ring (bicyclic) bond motifs is 6. The van der Waals surface area contributed by atoms with E-state index in [2.05, 4.69) is 56.3 Å². The molecule has 0 amide bonds. The monoisotopic (exact) mass is 554 g/mol. The fraction of sp³-hybridized carbons (Fsp3) is 0.0741. The summed E-state index contributed by atoms with van der Waals surface area (Å²) in [6, 6.07) is 16.4. The van der Waals surface area contributed by atoms with Gasteiger partial charge < -0.3 is 22.3 Å². The molecule has 1 aliphatic rings. The fourth-order valence-electron chi connectivity index (χ4n) is 3.78. The van der Waals surface area contributed by atoms with E-state index < -0.39 is 0 Å². The summed E-state index contributed by atoms with van der Waals surface area (Å²) in [4.78, 5) is 19.6. The van der Waals surface area contributed by atoms with Gasteiger partial charge in [0.2, 0.25) is 0 Å². The van der Waals surface area contributed by atoms with Gasteiger partial charge in [0, 0.05) is 48.5 Å². The summed E-state index contributed by atoms with van der Waals surface area (Å²) in [7, 11) is 4.07. The third-order valence-electron chi connectivity index (χ3n) is 5.39. The van der Waals surface area contributed by atoms with Crippen LogP contribution in [0.25, 0.3) is 44.2 Å². The second-order valence-corrected chi connectivity index (χ2v) is 7.70. The number of imidazole rings is 1. The summed E-state index contributed by atoms with van der Waals surface area (Å²) >= 11 is 0. The van der Waals surface area contributed by atoms with E-state index in [4.69, 9.17) is 4.98 Å². The van der Waals surface area contributed by atoms with E-state index in [0.717, 1.165) is 49.9 Å². The maximum absolute atomic E-state index is 4.90. The van der Waals surface area contributed by atoms with Gasteiger partial charge >= 0.3 is 19.5 Å². The van der Waals surface area contributed by atoms with Gasteiger partial charge in [-0.25, -0.2) is 4.98 Å². The first-order valence-electron chi connectivity index (χ1n) is 10.5. The van der Waals surface area contributed by atoms with Gasteiger partial charge in [0.25, 0.3) is 0 Å². The molecule has 7 radical (unpaired) electrons. The van der Waals surface area contributed by atoms with E-state index >= 15 is 0 Å². The summed E-state index contributed by atoms with van der Waals surface area (Å²) in [6.07, 6.45) is 15.6. The van der Waals surface area contributed by atoms with Crippen LogP contribution in [0.2, 0.25) is 0 Å². The molecule has 0 atom stereocenters. The van der Waals surface area contributed by atoms with Crippen molar-refractivity contribution in [3.05, 3.63) is 99.4 Å². The summed E-state index contributed by atoms with van der Waals surface area (Å²) < 4.78 is 0. The van der Waals surface area contributed by atoms with Crippen LogP contribution < -0.4 is 17.3 Å². The second-order valence-electron chi connectivity index (χ2n) is 7.70. The number of anilines is 1. The fourth-order valence-corrected chi connectivity index (χ4v) is 3.78. The largest absolute Gasteiger partial charge is 3.00 e. The first-order chi connectivity index (χ1) is 15.7. The molecule has 0 spiro atoms. The number of H-pyrrole nitrogens is 1. The zero-order valence-electron chi connectivity index (χ0n) is 18.8. The first-order valence-corrected chi connectivity index (χ1v) is 10.5. The van der Waals surface area contributed by atoms with E-state index in [1.54, 1.807) is 12.4 Å². The zero-order chi connectivity index (χ0) is 21.9. The summed E-state index contributed by atoms with van der Waals surface area (Å²) in [6.45, 7) is 0. The van der Waals surface area contributed by atoms with Crippen molar-refractivity contribution in [2.45, 2.75) is 0 Å². The number of pyridine rings is 2. The average molecular weight is 554 g/mol. The molecule has 7 heteroatoms. The molecule has 1 N–H and O–H groups in total. The van der Waals surface area contributed by atoms with Gasteiger partial charge in [0.05, 0.1) is 22.1 Å². The predicted molar refractivity (Wildman–Crippen MR) is 132 cm³/mol. The van der Waals surface area contributed by atoms with E-state index in [9.17, 15) is 0 Å². The maximum atomic E-state index is 4.90. The number of benzene rings is 2. The minimum Gasteiger partial charge on any atom is -1.00 e. The Morgan fingerprint density at radius 3 is 1.76 bits per heavy atom. The maximum Gasteiger partial charge on any atom is 3.00 e. The van der Waals surface area contributed by atoms with Gasteiger partial charge in [-0.05, 0) is 87.1 Å². The third kappa shape index (κ3) is 5.24. The topological polar surface area (TPSA) is 57.7 Å². The Morgan fingerprint density at radius 2 is 1.21 bits per heavy atom. The molecule has 3 heterocycles. The first kappa shape index (κ1) is 26.1. The van der Waals surface area contributed by atoms with Crippen LogP contribution >= 0.6 is 0 Å². The minimum atomic E-state index is 0. The predicted octanol–water partition coefficient (Wildman–Crippen LogP) is 2.62. The van der Waals surface area contributed by atoms with Crippen molar-refractivity contribution in [1.82, 2.24) is 19.9 Å². The number of aromatic nitrogens is 4. The van der Waals surface area contributed by atoms with E-state index in [-0.39, 0.29) is 31.9 Å². The molecule has 5 nitrogen and oxygen atoms in total. The Morgan fingerprint density at radius 1 is 0.676 bits per heavy atom. The Balaban J connectivity index is 0.000000357. The summed E-state index contributed by atoms with van der Waals surface area (Å²) in [5, 5.41) is 2.05. The molecule has 0 bridgehead atoms. The van der Waals surface area contributed by atoms with Crippen molar-refractivity contribution in [2.24, 2.45) is 0 Å². The standard InChI is InChI=1S/C21H17N5.C6H6.ClH.Ru/c1-26(2)14-9-7-13(8-10-14)21-24-19-15-5-3-11-22-17(15)18-16(20(19)25-21)6-4-12-23-18;1-2-4-6-5-3-1;;/h3-12H,1-2H3,(H,24,25);1-6H;1H;/q;;;+3/p-1. The van der Waals surface area contributed by atoms with E-state index in [0.29, 0.717) is 0 Å². The molecule has 1 aliphatic carbocycles. The Kier molecular flexibility index (Phi) is 8.99. The minimum absolute atomic E-state index is 0. The zero-order valence-corrected chi connectivity index (χ0v) is 21.3. The Labute approximate surface area is 219 Å². The third-order valence-corrected chi connectivity index (χ3v) is 5.39. The Hall–Kier alpha value is -2.56. The smallest absolute Gasteiger partial charge is 1.00 e. The number of hydrogen-bond donors (Lipinski definition) is 1. The van der Waals surface area contributed by atoms with Gasteiger partial charge in [-0.15, -0.1) is 0 Å². The van der Waals surface area contributed by atoms with Gasteiger partial charge in [-0.3, -0.25) is 9.97 Å². The number of rotatable bonds is 2. The summed E-state index contributed by atoms with van der Waals surface area (Å²) in [5.74, 6) is 0.854. The van der Waals surface area contributed by atoms with Gasteiger partial charge in [0.15, 0.2) is 0 Å². The quantitative estimate of drug-likeness (QED) is 0.270. The van der Waals surface area contributed by atoms with Crippen molar-refractivity contribution in [2.75, 3.05) is 19.0 Å². The van der Waals surface area contributed by atoms with Crippen molar-refractivity contribution in [3.8, 4) is 11.4 Å². The van der Waals surface area contributed by atoms with Crippen molar-refractivity contribution in [3.63, 3.8) is 0 Å². The molecular weight excluding hydrogens is 531 g/mol. The van der Waals surface area contributed by atoms with E-state index in [1.807, 2.05) is 64.8 Å². The number of nitrogens with one attached hydrogen (secondary N) is 1. The van der Waals surface area contributed by atoms with Crippen LogP contribution in [0.5, 0.6) is 0 Å². The second kappa shape index (κ2) is 11.7. The van der Waals surface area contributed by atoms with Crippen LogP contribution in [0.15, 0.2) is 60.9 Å². The SMILES string of the molecule is CN(C)c1ccc(-c2nc3c4cccnc4c4ncccc4c3[nH]2)cc1.[CH]1[CH][CH][CH][CH][CH]1.[Cl-].[Ru+3]. The number of aromatic amines is 1. The van der Waals surface area contributed by atoms with Crippen LogP contribution in [-0.4, -0.2) is 34.0 Å². The van der Waals surface area contributed by atoms with Crippen molar-refractivity contribution >= 4 is 38.5 Å². The normalized spacial score (nSPS) is 13.0. The molecule has 34 heavy (non-hydrogen) atoms. The van der Waals surface area contributed by atoms with Crippen LogP contribution in [0.3, 0.4) is 0 Å². The number of halogens is 1. The summed E-state index contributed by atoms with van der Waals surface area (Å²) in [5.41, 5.74) is 5.93. The van der Waals surface area contributed by atoms with Crippen LogP contribution in [0.4, 0.5) is 5.69 Å². The Bertz CT molecular complexity index is 1280. The van der Waals surface area contributed by atoms with Crippen molar-refractivity contribution in [1.29, 1.82) is 0 Å². The molecule has 169 valence electrons. The van der Waals surface area contributed by atoms with Crippen LogP contribution in [0, 0.1) is 38.5 Å². The molecule has 6 rings (SSSR count). The molecular formula is C27H23ClN5Ru+2. The molecule has 0 unspecified atom stereocenters. The van der Waals surface area contributed by atoms with Crippen LogP contribution in [0.1, 0.15) is 0 Å². The van der Waals surface area contributed by atoms with Gasteiger partial charge in [-0.2, -0.15) is 0 Å². The van der Waals surface area contributed by atoms with Crippen molar-refractivity contribution < 1.29 is 31.9 Å². The molecule has 2 aromatic carbocycles. The number of hydrogen-bond acceptors (Lipinski definition) is 4. The average Bonchev–Trinajstić information content (AvgIpc) is 3.32. The number of nitrogens with zero attached hydrogens (tertiary/aromatic N) is 4. The molecule has 0 aliphatic heterocycles. The van der Waals surface area contributed by atoms with E-state index in [1.165, 1.54) is 0 Å². The molecule has 1 saturated carbocycles. The van der Waals surface area contributed by atoms with Gasteiger partial charge in [-0.1, -0.05) is 0 Å². The molecule has 1 fully saturated rings. The van der Waals surface area contributed by atoms with Crippen LogP contribution in [-0.2, 0) is 19.5 Å². The van der Waals surface area contributed by atoms with Gasteiger partial charge in [0.1, 0.15) is 5.82 Å².